The van der Waals surface area contributed by atoms with E-state index in [2.05, 4.69) is 26.1 Å². The van der Waals surface area contributed by atoms with Gasteiger partial charge in [0.15, 0.2) is 0 Å². The average Bonchev–Trinajstić information content (AvgIpc) is 2.70. The fourth-order valence-corrected chi connectivity index (χ4v) is 4.08. The zero-order chi connectivity index (χ0) is 21.0. The SMILES string of the molecule is CCOc1ccc(C(=O)Nc2cccc(Cl)c2N2CCN(C(C)=O)CC2)cc1Br. The number of ether oxygens (including phenoxy) is 1. The molecule has 2 amide bonds. The summed E-state index contributed by atoms with van der Waals surface area (Å²) >= 11 is 9.92. The molecule has 2 aromatic rings. The molecule has 154 valence electrons. The van der Waals surface area contributed by atoms with Crippen molar-refractivity contribution < 1.29 is 14.3 Å². The molecular formula is C21H23BrClN3O3. The van der Waals surface area contributed by atoms with Crippen molar-refractivity contribution >= 4 is 50.7 Å². The largest absolute Gasteiger partial charge is 0.493 e. The highest BCUT2D eigenvalue weighted by Crippen LogP contribution is 2.35. The second-order valence-electron chi connectivity index (χ2n) is 6.66. The summed E-state index contributed by atoms with van der Waals surface area (Å²) in [6.07, 6.45) is 0. The van der Waals surface area contributed by atoms with Crippen LogP contribution in [0.4, 0.5) is 11.4 Å². The normalized spacial score (nSPS) is 13.9. The van der Waals surface area contributed by atoms with E-state index in [1.807, 2.05) is 17.9 Å². The summed E-state index contributed by atoms with van der Waals surface area (Å²) in [5.74, 6) is 0.522. The fourth-order valence-electron chi connectivity index (χ4n) is 3.29. The smallest absolute Gasteiger partial charge is 0.255 e. The molecule has 29 heavy (non-hydrogen) atoms. The maximum Gasteiger partial charge on any atom is 0.255 e. The Hall–Kier alpha value is -2.25. The van der Waals surface area contributed by atoms with Gasteiger partial charge >= 0.3 is 0 Å². The van der Waals surface area contributed by atoms with Gasteiger partial charge in [-0.05, 0) is 53.2 Å². The molecule has 2 aromatic carbocycles. The van der Waals surface area contributed by atoms with E-state index in [1.54, 1.807) is 37.3 Å². The highest BCUT2D eigenvalue weighted by molar-refractivity contribution is 9.10. The number of nitrogens with zero attached hydrogens (tertiary/aromatic N) is 2. The third-order valence-corrected chi connectivity index (χ3v) is 5.69. The number of hydrogen-bond acceptors (Lipinski definition) is 4. The van der Waals surface area contributed by atoms with Gasteiger partial charge in [0.25, 0.3) is 5.91 Å². The number of halogens is 2. The molecule has 3 rings (SSSR count). The fraction of sp³-hybridized carbons (Fsp3) is 0.333. The molecule has 1 aliphatic heterocycles. The van der Waals surface area contributed by atoms with Gasteiger partial charge in [-0.1, -0.05) is 17.7 Å². The first kappa shape index (κ1) is 21.5. The van der Waals surface area contributed by atoms with E-state index in [0.717, 1.165) is 10.2 Å². The molecule has 1 saturated heterocycles. The van der Waals surface area contributed by atoms with Crippen LogP contribution in [-0.2, 0) is 4.79 Å². The number of anilines is 2. The van der Waals surface area contributed by atoms with Crippen LogP contribution in [0.3, 0.4) is 0 Å². The lowest BCUT2D eigenvalue weighted by Gasteiger charge is -2.37. The van der Waals surface area contributed by atoms with Gasteiger partial charge < -0.3 is 19.9 Å². The van der Waals surface area contributed by atoms with E-state index >= 15 is 0 Å². The number of rotatable bonds is 5. The van der Waals surface area contributed by atoms with Crippen LogP contribution in [-0.4, -0.2) is 49.5 Å². The van der Waals surface area contributed by atoms with Gasteiger partial charge in [0.05, 0.1) is 27.5 Å². The van der Waals surface area contributed by atoms with Gasteiger partial charge in [-0.2, -0.15) is 0 Å². The lowest BCUT2D eigenvalue weighted by Crippen LogP contribution is -2.48. The summed E-state index contributed by atoms with van der Waals surface area (Å²) in [4.78, 5) is 28.3. The zero-order valence-electron chi connectivity index (χ0n) is 16.4. The van der Waals surface area contributed by atoms with Crippen LogP contribution < -0.4 is 15.0 Å². The van der Waals surface area contributed by atoms with Gasteiger partial charge in [-0.15, -0.1) is 0 Å². The maximum absolute atomic E-state index is 12.8. The number of amides is 2. The highest BCUT2D eigenvalue weighted by atomic mass is 79.9. The number of carbonyl (C=O) groups is 2. The summed E-state index contributed by atoms with van der Waals surface area (Å²) in [6, 6.07) is 10.7. The first-order valence-corrected chi connectivity index (χ1v) is 10.6. The predicted octanol–water partition coefficient (Wildman–Crippen LogP) is 4.42. The quantitative estimate of drug-likeness (QED) is 0.688. The second kappa shape index (κ2) is 9.50. The molecular weight excluding hydrogens is 458 g/mol. The van der Waals surface area contributed by atoms with Crippen LogP contribution in [0, 0.1) is 0 Å². The molecule has 0 radical (unpaired) electrons. The van der Waals surface area contributed by atoms with Crippen molar-refractivity contribution in [2.75, 3.05) is 43.0 Å². The van der Waals surface area contributed by atoms with Crippen molar-refractivity contribution in [2.24, 2.45) is 0 Å². The van der Waals surface area contributed by atoms with E-state index < -0.39 is 0 Å². The lowest BCUT2D eigenvalue weighted by atomic mass is 10.1. The highest BCUT2D eigenvalue weighted by Gasteiger charge is 2.23. The minimum Gasteiger partial charge on any atom is -0.493 e. The van der Waals surface area contributed by atoms with Crippen LogP contribution in [0.2, 0.25) is 5.02 Å². The molecule has 0 aliphatic carbocycles. The van der Waals surface area contributed by atoms with Gasteiger partial charge in [-0.25, -0.2) is 0 Å². The van der Waals surface area contributed by atoms with Gasteiger partial charge in [-0.3, -0.25) is 9.59 Å². The van der Waals surface area contributed by atoms with Crippen LogP contribution in [0.25, 0.3) is 0 Å². The van der Waals surface area contributed by atoms with Crippen molar-refractivity contribution in [2.45, 2.75) is 13.8 Å². The minimum atomic E-state index is -0.236. The molecule has 0 unspecified atom stereocenters. The third kappa shape index (κ3) is 5.03. The third-order valence-electron chi connectivity index (χ3n) is 4.77. The molecule has 8 heteroatoms. The first-order valence-electron chi connectivity index (χ1n) is 9.43. The molecule has 1 fully saturated rings. The Labute approximate surface area is 183 Å². The Morgan fingerprint density at radius 1 is 1.17 bits per heavy atom. The van der Waals surface area contributed by atoms with E-state index in [1.165, 1.54) is 0 Å². The second-order valence-corrected chi connectivity index (χ2v) is 7.92. The molecule has 6 nitrogen and oxygen atoms in total. The van der Waals surface area contributed by atoms with Crippen molar-refractivity contribution in [3.8, 4) is 5.75 Å². The molecule has 0 bridgehead atoms. The van der Waals surface area contributed by atoms with Crippen molar-refractivity contribution in [3.05, 3.63) is 51.5 Å². The van der Waals surface area contributed by atoms with E-state index in [4.69, 9.17) is 16.3 Å². The Morgan fingerprint density at radius 3 is 2.52 bits per heavy atom. The maximum atomic E-state index is 12.8. The molecule has 1 heterocycles. The minimum absolute atomic E-state index is 0.0680. The zero-order valence-corrected chi connectivity index (χ0v) is 18.7. The Bertz CT molecular complexity index is 914. The summed E-state index contributed by atoms with van der Waals surface area (Å²) in [5, 5.41) is 3.53. The monoisotopic (exact) mass is 479 g/mol. The van der Waals surface area contributed by atoms with Crippen LogP contribution >= 0.6 is 27.5 Å². The Morgan fingerprint density at radius 2 is 1.90 bits per heavy atom. The van der Waals surface area contributed by atoms with Crippen LogP contribution in [0.1, 0.15) is 24.2 Å². The van der Waals surface area contributed by atoms with E-state index in [9.17, 15) is 9.59 Å². The summed E-state index contributed by atoms with van der Waals surface area (Å²) < 4.78 is 6.22. The van der Waals surface area contributed by atoms with E-state index in [0.29, 0.717) is 54.8 Å². The number of carbonyl (C=O) groups excluding carboxylic acids is 2. The van der Waals surface area contributed by atoms with Gasteiger partial charge in [0, 0.05) is 38.7 Å². The van der Waals surface area contributed by atoms with Gasteiger partial charge in [0.2, 0.25) is 5.91 Å². The van der Waals surface area contributed by atoms with Crippen molar-refractivity contribution in [1.29, 1.82) is 0 Å². The summed E-state index contributed by atoms with van der Waals surface area (Å²) in [7, 11) is 0. The van der Waals surface area contributed by atoms with Gasteiger partial charge in [0.1, 0.15) is 5.75 Å². The van der Waals surface area contributed by atoms with Crippen LogP contribution in [0.5, 0.6) is 5.75 Å². The molecule has 0 spiro atoms. The Kier molecular flexibility index (Phi) is 7.03. The molecule has 0 aromatic heterocycles. The standard InChI is InChI=1S/C21H23BrClN3O3/c1-3-29-19-8-7-15(13-16(19)22)21(28)24-18-6-4-5-17(23)20(18)26-11-9-25(10-12-26)14(2)27/h4-8,13H,3,9-12H2,1-2H3,(H,24,28). The molecule has 0 atom stereocenters. The Balaban J connectivity index is 1.80. The molecule has 1 N–H and O–H groups in total. The number of piperazine rings is 1. The number of para-hydroxylation sites is 1. The lowest BCUT2D eigenvalue weighted by molar-refractivity contribution is -0.129. The van der Waals surface area contributed by atoms with Crippen molar-refractivity contribution in [3.63, 3.8) is 0 Å². The molecule has 0 saturated carbocycles. The van der Waals surface area contributed by atoms with Crippen molar-refractivity contribution in [1.82, 2.24) is 4.90 Å². The molecule has 1 aliphatic rings. The number of benzene rings is 2. The number of hydrogen-bond donors (Lipinski definition) is 1. The van der Waals surface area contributed by atoms with Crippen LogP contribution in [0.15, 0.2) is 40.9 Å². The van der Waals surface area contributed by atoms with E-state index in [-0.39, 0.29) is 11.8 Å². The predicted molar refractivity (Wildman–Crippen MR) is 119 cm³/mol. The number of nitrogens with one attached hydrogen (secondary N) is 1. The summed E-state index contributed by atoms with van der Waals surface area (Å²) in [6.45, 7) is 6.59. The first-order chi connectivity index (χ1) is 13.9. The summed E-state index contributed by atoms with van der Waals surface area (Å²) in [5.41, 5.74) is 1.92. The average molecular weight is 481 g/mol. The topological polar surface area (TPSA) is 61.9 Å².